The topological polar surface area (TPSA) is 64.9 Å². The molecule has 1 aliphatic rings. The van der Waals surface area contributed by atoms with Crippen LogP contribution in [0, 0.1) is 6.92 Å². The number of hydrogen-bond acceptors (Lipinski definition) is 3. The van der Waals surface area contributed by atoms with E-state index in [1.807, 2.05) is 13.0 Å². The molecular weight excluding hydrogens is 210 g/mol. The van der Waals surface area contributed by atoms with Crippen molar-refractivity contribution in [1.29, 1.82) is 0 Å². The van der Waals surface area contributed by atoms with Crippen molar-refractivity contribution in [2.24, 2.45) is 5.73 Å². The SMILES string of the molecule is Cc1ccnc(N)c1C(N)CC1=CCCCC1. The molecular formula is C14H21N3. The molecule has 0 saturated heterocycles. The maximum absolute atomic E-state index is 6.27. The molecule has 0 spiro atoms. The van der Waals surface area contributed by atoms with E-state index in [0.717, 1.165) is 17.5 Å². The zero-order chi connectivity index (χ0) is 12.3. The molecule has 1 aromatic heterocycles. The molecule has 3 heteroatoms. The molecule has 1 atom stereocenters. The monoisotopic (exact) mass is 231 g/mol. The van der Waals surface area contributed by atoms with E-state index < -0.39 is 0 Å². The molecule has 0 radical (unpaired) electrons. The molecule has 17 heavy (non-hydrogen) atoms. The van der Waals surface area contributed by atoms with Crippen LogP contribution in [0.3, 0.4) is 0 Å². The molecule has 0 aliphatic heterocycles. The van der Waals surface area contributed by atoms with Crippen molar-refractivity contribution in [2.45, 2.75) is 45.1 Å². The van der Waals surface area contributed by atoms with Gasteiger partial charge in [-0.25, -0.2) is 4.98 Å². The number of allylic oxidation sites excluding steroid dienone is 1. The van der Waals surface area contributed by atoms with Gasteiger partial charge in [-0.15, -0.1) is 0 Å². The highest BCUT2D eigenvalue weighted by molar-refractivity contribution is 5.46. The van der Waals surface area contributed by atoms with Crippen LogP contribution in [0.25, 0.3) is 0 Å². The Labute approximate surface area is 103 Å². The van der Waals surface area contributed by atoms with Crippen LogP contribution in [0.15, 0.2) is 23.9 Å². The molecule has 0 bridgehead atoms. The second-order valence-electron chi connectivity index (χ2n) is 4.85. The van der Waals surface area contributed by atoms with Crippen molar-refractivity contribution < 1.29 is 0 Å². The highest BCUT2D eigenvalue weighted by atomic mass is 14.8. The molecule has 0 fully saturated rings. The Kier molecular flexibility index (Phi) is 3.79. The summed E-state index contributed by atoms with van der Waals surface area (Å²) in [7, 11) is 0. The van der Waals surface area contributed by atoms with E-state index in [-0.39, 0.29) is 6.04 Å². The Bertz CT molecular complexity index is 403. The second kappa shape index (κ2) is 5.32. The first-order valence-corrected chi connectivity index (χ1v) is 6.33. The van der Waals surface area contributed by atoms with Crippen LogP contribution in [-0.2, 0) is 0 Å². The normalized spacial score (nSPS) is 17.6. The van der Waals surface area contributed by atoms with Crippen LogP contribution >= 0.6 is 0 Å². The van der Waals surface area contributed by atoms with Gasteiger partial charge in [0.1, 0.15) is 5.82 Å². The van der Waals surface area contributed by atoms with Crippen molar-refractivity contribution in [3.05, 3.63) is 35.0 Å². The number of anilines is 1. The molecule has 92 valence electrons. The lowest BCUT2D eigenvalue weighted by Crippen LogP contribution is -2.16. The molecule has 0 amide bonds. The second-order valence-corrected chi connectivity index (χ2v) is 4.85. The third-order valence-corrected chi connectivity index (χ3v) is 3.48. The summed E-state index contributed by atoms with van der Waals surface area (Å²) in [6, 6.07) is 1.95. The van der Waals surface area contributed by atoms with Gasteiger partial charge in [-0.1, -0.05) is 11.6 Å². The van der Waals surface area contributed by atoms with E-state index >= 15 is 0 Å². The van der Waals surface area contributed by atoms with Crippen LogP contribution in [0.4, 0.5) is 5.82 Å². The third kappa shape index (κ3) is 2.86. The molecule has 2 rings (SSSR count). The van der Waals surface area contributed by atoms with E-state index in [9.17, 15) is 0 Å². The summed E-state index contributed by atoms with van der Waals surface area (Å²) in [6.07, 6.45) is 9.98. The molecule has 1 heterocycles. The molecule has 0 saturated carbocycles. The van der Waals surface area contributed by atoms with Crippen LogP contribution in [-0.4, -0.2) is 4.98 Å². The van der Waals surface area contributed by atoms with Gasteiger partial charge in [0.2, 0.25) is 0 Å². The minimum atomic E-state index is -0.0203. The van der Waals surface area contributed by atoms with E-state index in [1.165, 1.54) is 31.3 Å². The Balaban J connectivity index is 2.14. The number of pyridine rings is 1. The summed E-state index contributed by atoms with van der Waals surface area (Å²) in [6.45, 7) is 2.04. The number of aromatic nitrogens is 1. The fourth-order valence-electron chi connectivity index (χ4n) is 2.55. The number of aryl methyl sites for hydroxylation is 1. The van der Waals surface area contributed by atoms with Gasteiger partial charge in [0.15, 0.2) is 0 Å². The van der Waals surface area contributed by atoms with Gasteiger partial charge in [-0.3, -0.25) is 0 Å². The fourth-order valence-corrected chi connectivity index (χ4v) is 2.55. The predicted molar refractivity (Wildman–Crippen MR) is 71.5 cm³/mol. The van der Waals surface area contributed by atoms with Crippen molar-refractivity contribution in [3.63, 3.8) is 0 Å². The highest BCUT2D eigenvalue weighted by Gasteiger charge is 2.15. The summed E-state index contributed by atoms with van der Waals surface area (Å²) in [4.78, 5) is 4.13. The van der Waals surface area contributed by atoms with Gasteiger partial charge in [-0.05, 0) is 50.7 Å². The lowest BCUT2D eigenvalue weighted by molar-refractivity contribution is 0.626. The third-order valence-electron chi connectivity index (χ3n) is 3.48. The maximum atomic E-state index is 6.27. The lowest BCUT2D eigenvalue weighted by Gasteiger charge is -2.20. The van der Waals surface area contributed by atoms with Crippen LogP contribution in [0.5, 0.6) is 0 Å². The largest absolute Gasteiger partial charge is 0.383 e. The van der Waals surface area contributed by atoms with Gasteiger partial charge in [0.25, 0.3) is 0 Å². The maximum Gasteiger partial charge on any atom is 0.128 e. The van der Waals surface area contributed by atoms with E-state index in [0.29, 0.717) is 5.82 Å². The van der Waals surface area contributed by atoms with Gasteiger partial charge >= 0.3 is 0 Å². The van der Waals surface area contributed by atoms with E-state index in [2.05, 4.69) is 11.1 Å². The van der Waals surface area contributed by atoms with Crippen LogP contribution in [0.2, 0.25) is 0 Å². The molecule has 3 nitrogen and oxygen atoms in total. The molecule has 1 unspecified atom stereocenters. The molecule has 1 aliphatic carbocycles. The quantitative estimate of drug-likeness (QED) is 0.786. The number of nitrogens with two attached hydrogens (primary N) is 2. The number of nitrogens with zero attached hydrogens (tertiary/aromatic N) is 1. The Hall–Kier alpha value is -1.35. The Morgan fingerprint density at radius 3 is 2.88 bits per heavy atom. The fraction of sp³-hybridized carbons (Fsp3) is 0.500. The lowest BCUT2D eigenvalue weighted by atomic mass is 9.91. The van der Waals surface area contributed by atoms with Crippen molar-refractivity contribution in [1.82, 2.24) is 4.98 Å². The first kappa shape index (κ1) is 12.1. The summed E-state index contributed by atoms with van der Waals surface area (Å²) in [5.74, 6) is 0.578. The summed E-state index contributed by atoms with van der Waals surface area (Å²) in [5.41, 5.74) is 15.8. The first-order chi connectivity index (χ1) is 8.18. The van der Waals surface area contributed by atoms with Crippen molar-refractivity contribution >= 4 is 5.82 Å². The number of nitrogen functional groups attached to an aromatic ring is 1. The van der Waals surface area contributed by atoms with E-state index in [4.69, 9.17) is 11.5 Å². The molecule has 0 aromatic carbocycles. The minimum absolute atomic E-state index is 0.0203. The van der Waals surface area contributed by atoms with Gasteiger partial charge < -0.3 is 11.5 Å². The van der Waals surface area contributed by atoms with Crippen LogP contribution in [0.1, 0.15) is 49.3 Å². The average molecular weight is 231 g/mol. The predicted octanol–water partition coefficient (Wildman–Crippen LogP) is 2.86. The minimum Gasteiger partial charge on any atom is -0.383 e. The Morgan fingerprint density at radius 1 is 1.41 bits per heavy atom. The average Bonchev–Trinajstić information content (AvgIpc) is 2.30. The van der Waals surface area contributed by atoms with Gasteiger partial charge in [-0.2, -0.15) is 0 Å². The zero-order valence-electron chi connectivity index (χ0n) is 10.4. The van der Waals surface area contributed by atoms with Gasteiger partial charge in [0.05, 0.1) is 0 Å². The highest BCUT2D eigenvalue weighted by Crippen LogP contribution is 2.29. The molecule has 1 aromatic rings. The smallest absolute Gasteiger partial charge is 0.128 e. The standard InChI is InChI=1S/C14H21N3/c1-10-7-8-17-14(16)13(10)12(15)9-11-5-3-2-4-6-11/h5,7-8,12H,2-4,6,9,15H2,1H3,(H2,16,17). The van der Waals surface area contributed by atoms with Crippen LogP contribution < -0.4 is 11.5 Å². The van der Waals surface area contributed by atoms with E-state index in [1.54, 1.807) is 6.20 Å². The van der Waals surface area contributed by atoms with Gasteiger partial charge in [0, 0.05) is 17.8 Å². The van der Waals surface area contributed by atoms with Crippen molar-refractivity contribution in [2.75, 3.05) is 5.73 Å². The zero-order valence-corrected chi connectivity index (χ0v) is 10.4. The number of hydrogen-bond donors (Lipinski definition) is 2. The first-order valence-electron chi connectivity index (χ1n) is 6.33. The Morgan fingerprint density at radius 2 is 2.24 bits per heavy atom. The summed E-state index contributed by atoms with van der Waals surface area (Å²) < 4.78 is 0. The molecule has 4 N–H and O–H groups in total. The number of rotatable bonds is 3. The summed E-state index contributed by atoms with van der Waals surface area (Å²) in [5, 5.41) is 0. The van der Waals surface area contributed by atoms with Crippen molar-refractivity contribution in [3.8, 4) is 0 Å². The summed E-state index contributed by atoms with van der Waals surface area (Å²) >= 11 is 0.